The zero-order valence-electron chi connectivity index (χ0n) is 16.9. The molecular weight excluding hydrogens is 377 g/mol. The normalized spacial score (nSPS) is 17.1. The molecule has 6 nitrogen and oxygen atoms in total. The second-order valence-electron chi connectivity index (χ2n) is 7.54. The first-order valence-electron chi connectivity index (χ1n) is 9.71. The first kappa shape index (κ1) is 20.8. The molecule has 1 saturated carbocycles. The van der Waals surface area contributed by atoms with Crippen molar-refractivity contribution in [1.82, 2.24) is 25.0 Å². The molecule has 1 aromatic carbocycles. The van der Waals surface area contributed by atoms with Gasteiger partial charge in [0, 0.05) is 11.7 Å². The van der Waals surface area contributed by atoms with Gasteiger partial charge >= 0.3 is 0 Å². The number of thioether (sulfide) groups is 1. The molecule has 8 heteroatoms. The minimum Gasteiger partial charge on any atom is -0.352 e. The summed E-state index contributed by atoms with van der Waals surface area (Å²) in [5, 5.41) is 12.2. The Balaban J connectivity index is 1.85. The highest BCUT2D eigenvalue weighted by atomic mass is 32.2. The molecule has 152 valence electrons. The lowest BCUT2D eigenvalue weighted by molar-refractivity contribution is -0.120. The van der Waals surface area contributed by atoms with Crippen LogP contribution in [0.5, 0.6) is 0 Å². The molecular formula is C20H28FN5OS. The third kappa shape index (κ3) is 4.72. The molecule has 0 bridgehead atoms. The van der Waals surface area contributed by atoms with Gasteiger partial charge in [0.15, 0.2) is 11.0 Å². The van der Waals surface area contributed by atoms with Gasteiger partial charge in [-0.05, 0) is 65.0 Å². The fourth-order valence-electron chi connectivity index (χ4n) is 3.29. The molecule has 1 aromatic heterocycles. The van der Waals surface area contributed by atoms with Crippen molar-refractivity contribution in [2.45, 2.75) is 62.0 Å². The summed E-state index contributed by atoms with van der Waals surface area (Å²) in [4.78, 5) is 14.6. The van der Waals surface area contributed by atoms with E-state index in [1.54, 1.807) is 12.1 Å². The number of nitrogens with one attached hydrogen (secondary N) is 1. The highest BCUT2D eigenvalue weighted by Gasteiger charge is 2.26. The van der Waals surface area contributed by atoms with Gasteiger partial charge in [-0.25, -0.2) is 4.39 Å². The van der Waals surface area contributed by atoms with Crippen LogP contribution >= 0.6 is 11.8 Å². The Kier molecular flexibility index (Phi) is 6.72. The molecule has 2 atom stereocenters. The minimum atomic E-state index is -0.300. The summed E-state index contributed by atoms with van der Waals surface area (Å²) in [6.45, 7) is 3.92. The van der Waals surface area contributed by atoms with Crippen molar-refractivity contribution in [2.75, 3.05) is 14.1 Å². The largest absolute Gasteiger partial charge is 0.352 e. The fourth-order valence-corrected chi connectivity index (χ4v) is 4.18. The van der Waals surface area contributed by atoms with E-state index in [4.69, 9.17) is 0 Å². The van der Waals surface area contributed by atoms with Gasteiger partial charge in [-0.2, -0.15) is 0 Å². The Bertz CT molecular complexity index is 801. The molecule has 1 aliphatic carbocycles. The maximum Gasteiger partial charge on any atom is 0.233 e. The molecule has 1 aliphatic rings. The number of amides is 1. The summed E-state index contributed by atoms with van der Waals surface area (Å²) in [7, 11) is 3.94. The summed E-state index contributed by atoms with van der Waals surface area (Å²) >= 11 is 1.38. The lowest BCUT2D eigenvalue weighted by Crippen LogP contribution is -2.37. The number of carbonyl (C=O) groups is 1. The molecule has 1 fully saturated rings. The van der Waals surface area contributed by atoms with E-state index in [1.165, 1.54) is 36.7 Å². The first-order valence-corrected chi connectivity index (χ1v) is 10.6. The molecule has 3 rings (SSSR count). The topological polar surface area (TPSA) is 63.1 Å². The van der Waals surface area contributed by atoms with E-state index < -0.39 is 0 Å². The molecule has 0 aliphatic heterocycles. The molecule has 28 heavy (non-hydrogen) atoms. The number of halogens is 1. The number of hydrogen-bond donors (Lipinski definition) is 1. The zero-order valence-corrected chi connectivity index (χ0v) is 17.7. The number of carbonyl (C=O) groups excluding carboxylic acids is 1. The van der Waals surface area contributed by atoms with E-state index in [0.29, 0.717) is 5.16 Å². The average Bonchev–Trinajstić information content (AvgIpc) is 3.31. The van der Waals surface area contributed by atoms with Gasteiger partial charge < -0.3 is 5.32 Å². The van der Waals surface area contributed by atoms with Crippen LogP contribution in [0.1, 0.15) is 51.4 Å². The monoisotopic (exact) mass is 405 g/mol. The Morgan fingerprint density at radius 3 is 2.46 bits per heavy atom. The van der Waals surface area contributed by atoms with Crippen LogP contribution in [0.2, 0.25) is 0 Å². The predicted molar refractivity (Wildman–Crippen MR) is 109 cm³/mol. The van der Waals surface area contributed by atoms with Gasteiger partial charge in [0.05, 0.1) is 11.3 Å². The van der Waals surface area contributed by atoms with Crippen LogP contribution in [-0.2, 0) is 4.79 Å². The van der Waals surface area contributed by atoms with Crippen molar-refractivity contribution in [3.8, 4) is 5.69 Å². The van der Waals surface area contributed by atoms with Crippen molar-refractivity contribution in [3.63, 3.8) is 0 Å². The zero-order chi connectivity index (χ0) is 20.3. The third-order valence-electron chi connectivity index (χ3n) is 5.24. The van der Waals surface area contributed by atoms with E-state index in [-0.39, 0.29) is 29.1 Å². The van der Waals surface area contributed by atoms with Gasteiger partial charge in [0.2, 0.25) is 5.91 Å². The molecule has 1 amide bonds. The molecule has 2 aromatic rings. The van der Waals surface area contributed by atoms with Crippen LogP contribution in [0, 0.1) is 5.82 Å². The van der Waals surface area contributed by atoms with Gasteiger partial charge in [0.25, 0.3) is 0 Å². The number of rotatable bonds is 7. The Morgan fingerprint density at radius 1 is 1.21 bits per heavy atom. The summed E-state index contributed by atoms with van der Waals surface area (Å²) < 4.78 is 15.3. The van der Waals surface area contributed by atoms with Crippen molar-refractivity contribution in [1.29, 1.82) is 0 Å². The molecule has 1 N–H and O–H groups in total. The van der Waals surface area contributed by atoms with Gasteiger partial charge in [-0.1, -0.05) is 24.6 Å². The van der Waals surface area contributed by atoms with Crippen LogP contribution in [0.4, 0.5) is 4.39 Å². The van der Waals surface area contributed by atoms with E-state index >= 15 is 0 Å². The summed E-state index contributed by atoms with van der Waals surface area (Å²) in [5.41, 5.74) is 0.779. The van der Waals surface area contributed by atoms with Crippen LogP contribution < -0.4 is 5.32 Å². The van der Waals surface area contributed by atoms with E-state index in [0.717, 1.165) is 24.4 Å². The highest BCUT2D eigenvalue weighted by molar-refractivity contribution is 8.00. The van der Waals surface area contributed by atoms with E-state index in [1.807, 2.05) is 37.4 Å². The lowest BCUT2D eigenvalue weighted by Gasteiger charge is -2.21. The maximum absolute atomic E-state index is 13.4. The highest BCUT2D eigenvalue weighted by Crippen LogP contribution is 2.29. The molecule has 0 saturated heterocycles. The van der Waals surface area contributed by atoms with Crippen LogP contribution in [0.15, 0.2) is 29.4 Å². The Hall–Kier alpha value is -1.93. The molecule has 0 unspecified atom stereocenters. The molecule has 0 spiro atoms. The van der Waals surface area contributed by atoms with E-state index in [9.17, 15) is 9.18 Å². The fraction of sp³-hybridized carbons (Fsp3) is 0.550. The Morgan fingerprint density at radius 2 is 1.86 bits per heavy atom. The Labute approximate surface area is 169 Å². The van der Waals surface area contributed by atoms with Crippen LogP contribution in [0.25, 0.3) is 5.69 Å². The van der Waals surface area contributed by atoms with Crippen molar-refractivity contribution < 1.29 is 9.18 Å². The third-order valence-corrected chi connectivity index (χ3v) is 6.29. The van der Waals surface area contributed by atoms with Gasteiger partial charge in [-0.15, -0.1) is 10.2 Å². The van der Waals surface area contributed by atoms with Gasteiger partial charge in [0.1, 0.15) is 5.82 Å². The number of hydrogen-bond acceptors (Lipinski definition) is 5. The van der Waals surface area contributed by atoms with E-state index in [2.05, 4.69) is 15.5 Å². The standard InChI is InChI=1S/C20H28FN5OS/c1-13(25(3)4)18-23-24-20(26(18)17-11-9-15(21)10-12-17)28-14(2)19(27)22-16-7-5-6-8-16/h9-14,16H,5-8H2,1-4H3,(H,22,27)/t13-,14+/m1/s1. The number of nitrogens with zero attached hydrogens (tertiary/aromatic N) is 4. The maximum atomic E-state index is 13.4. The van der Waals surface area contributed by atoms with Crippen molar-refractivity contribution >= 4 is 17.7 Å². The molecule has 1 heterocycles. The summed E-state index contributed by atoms with van der Waals surface area (Å²) in [6.07, 6.45) is 4.47. The number of aromatic nitrogens is 3. The second kappa shape index (κ2) is 9.05. The quantitative estimate of drug-likeness (QED) is 0.714. The van der Waals surface area contributed by atoms with Crippen LogP contribution in [-0.4, -0.2) is 51.0 Å². The van der Waals surface area contributed by atoms with Crippen molar-refractivity contribution in [3.05, 3.63) is 35.9 Å². The summed E-state index contributed by atoms with van der Waals surface area (Å²) in [5.74, 6) is 0.479. The predicted octanol–water partition coefficient (Wildman–Crippen LogP) is 3.57. The minimum absolute atomic E-state index is 0.00882. The summed E-state index contributed by atoms with van der Waals surface area (Å²) in [6, 6.07) is 6.55. The smallest absolute Gasteiger partial charge is 0.233 e. The lowest BCUT2D eigenvalue weighted by atomic mass is 10.2. The molecule has 0 radical (unpaired) electrons. The van der Waals surface area contributed by atoms with Gasteiger partial charge in [-0.3, -0.25) is 14.3 Å². The number of benzene rings is 1. The SMILES string of the molecule is C[C@H](Sc1nnc([C@@H](C)N(C)C)n1-c1ccc(F)cc1)C(=O)NC1CCCC1. The first-order chi connectivity index (χ1) is 13.4. The van der Waals surface area contributed by atoms with Crippen molar-refractivity contribution in [2.24, 2.45) is 0 Å². The second-order valence-corrected chi connectivity index (χ2v) is 8.85. The average molecular weight is 406 g/mol. The van der Waals surface area contributed by atoms with Crippen LogP contribution in [0.3, 0.4) is 0 Å².